The molecule has 30 heavy (non-hydrogen) atoms. The Bertz CT molecular complexity index is 1270. The maximum atomic E-state index is 13.3. The van der Waals surface area contributed by atoms with Crippen LogP contribution >= 0.6 is 0 Å². The van der Waals surface area contributed by atoms with E-state index in [0.29, 0.717) is 29.7 Å². The van der Waals surface area contributed by atoms with Crippen LogP contribution in [-0.2, 0) is 6.54 Å². The molecule has 0 aliphatic rings. The first-order valence-corrected chi connectivity index (χ1v) is 9.77. The molecule has 2 aromatic carbocycles. The SMILES string of the molecule is CNCCN(C)C(=O)c1ccc2c(c1)n(Cc1ccc(F)cc1)c(=O)c1cccn12. The van der Waals surface area contributed by atoms with Crippen LogP contribution in [0.15, 0.2) is 65.6 Å². The van der Waals surface area contributed by atoms with Crippen LogP contribution in [0, 0.1) is 5.82 Å². The van der Waals surface area contributed by atoms with Crippen molar-refractivity contribution >= 4 is 22.5 Å². The monoisotopic (exact) mass is 406 g/mol. The summed E-state index contributed by atoms with van der Waals surface area (Å²) in [5.41, 5.74) is 3.19. The Balaban J connectivity index is 1.86. The van der Waals surface area contributed by atoms with Gasteiger partial charge in [-0.2, -0.15) is 0 Å². The number of carbonyl (C=O) groups excluding carboxylic acids is 1. The number of nitrogens with zero attached hydrogens (tertiary/aromatic N) is 3. The molecule has 0 aliphatic heterocycles. The van der Waals surface area contributed by atoms with Gasteiger partial charge < -0.3 is 19.2 Å². The van der Waals surface area contributed by atoms with Crippen LogP contribution < -0.4 is 10.9 Å². The lowest BCUT2D eigenvalue weighted by atomic mass is 10.1. The van der Waals surface area contributed by atoms with E-state index in [4.69, 9.17) is 0 Å². The second-order valence-corrected chi connectivity index (χ2v) is 7.31. The molecule has 0 saturated heterocycles. The largest absolute Gasteiger partial charge is 0.340 e. The van der Waals surface area contributed by atoms with Gasteiger partial charge in [-0.05, 0) is 55.1 Å². The van der Waals surface area contributed by atoms with Gasteiger partial charge in [0.25, 0.3) is 11.5 Å². The highest BCUT2D eigenvalue weighted by Crippen LogP contribution is 2.19. The van der Waals surface area contributed by atoms with Crippen LogP contribution in [0.4, 0.5) is 4.39 Å². The van der Waals surface area contributed by atoms with Crippen LogP contribution in [0.5, 0.6) is 0 Å². The lowest BCUT2D eigenvalue weighted by Gasteiger charge is -2.18. The number of halogens is 1. The van der Waals surface area contributed by atoms with Crippen LogP contribution in [0.1, 0.15) is 15.9 Å². The summed E-state index contributed by atoms with van der Waals surface area (Å²) < 4.78 is 16.8. The van der Waals surface area contributed by atoms with Gasteiger partial charge in [0, 0.05) is 31.9 Å². The molecule has 7 heteroatoms. The van der Waals surface area contributed by atoms with Crippen molar-refractivity contribution in [2.45, 2.75) is 6.54 Å². The van der Waals surface area contributed by atoms with Gasteiger partial charge in [0.1, 0.15) is 11.3 Å². The molecule has 4 rings (SSSR count). The van der Waals surface area contributed by atoms with Crippen molar-refractivity contribution in [2.24, 2.45) is 0 Å². The van der Waals surface area contributed by atoms with Gasteiger partial charge >= 0.3 is 0 Å². The topological polar surface area (TPSA) is 58.8 Å². The van der Waals surface area contributed by atoms with E-state index in [2.05, 4.69) is 5.32 Å². The van der Waals surface area contributed by atoms with Gasteiger partial charge in [-0.15, -0.1) is 0 Å². The van der Waals surface area contributed by atoms with Gasteiger partial charge in [0.15, 0.2) is 0 Å². The Kier molecular flexibility index (Phi) is 5.37. The summed E-state index contributed by atoms with van der Waals surface area (Å²) in [7, 11) is 3.59. The molecule has 2 heterocycles. The smallest absolute Gasteiger partial charge is 0.275 e. The molecule has 0 aliphatic carbocycles. The lowest BCUT2D eigenvalue weighted by molar-refractivity contribution is 0.0797. The van der Waals surface area contributed by atoms with Gasteiger partial charge in [0.05, 0.1) is 17.6 Å². The Morgan fingerprint density at radius 1 is 1.07 bits per heavy atom. The van der Waals surface area contributed by atoms with Crippen molar-refractivity contribution < 1.29 is 9.18 Å². The fraction of sp³-hybridized carbons (Fsp3) is 0.217. The number of rotatable bonds is 6. The Labute approximate surface area is 173 Å². The zero-order valence-corrected chi connectivity index (χ0v) is 16.9. The standard InChI is InChI=1S/C23H23FN4O2/c1-25-11-13-26(2)22(29)17-7-10-19-21(14-17)28(15-16-5-8-18(24)9-6-16)23(30)20-4-3-12-27(19)20/h3-10,12,14,25H,11,13,15H2,1-2H3. The number of aromatic nitrogens is 2. The van der Waals surface area contributed by atoms with Gasteiger partial charge in [-0.3, -0.25) is 9.59 Å². The van der Waals surface area contributed by atoms with Crippen LogP contribution in [0.25, 0.3) is 16.6 Å². The molecule has 6 nitrogen and oxygen atoms in total. The summed E-state index contributed by atoms with van der Waals surface area (Å²) in [6.07, 6.45) is 1.84. The van der Waals surface area contributed by atoms with Crippen molar-refractivity contribution in [3.05, 3.63) is 88.1 Å². The molecule has 0 atom stereocenters. The average molecular weight is 406 g/mol. The lowest BCUT2D eigenvalue weighted by Crippen LogP contribution is -2.33. The number of carbonyl (C=O) groups is 1. The first kappa shape index (κ1) is 19.8. The highest BCUT2D eigenvalue weighted by molar-refractivity contribution is 5.97. The van der Waals surface area contributed by atoms with Crippen molar-refractivity contribution in [1.29, 1.82) is 0 Å². The molecule has 0 bridgehead atoms. The van der Waals surface area contributed by atoms with E-state index >= 15 is 0 Å². The Morgan fingerprint density at radius 3 is 2.57 bits per heavy atom. The highest BCUT2D eigenvalue weighted by Gasteiger charge is 2.16. The first-order chi connectivity index (χ1) is 14.5. The molecule has 2 aromatic heterocycles. The van der Waals surface area contributed by atoms with Gasteiger partial charge in [-0.25, -0.2) is 4.39 Å². The molecule has 0 saturated carbocycles. The van der Waals surface area contributed by atoms with Crippen LogP contribution in [0.3, 0.4) is 0 Å². The van der Waals surface area contributed by atoms with Gasteiger partial charge in [-0.1, -0.05) is 12.1 Å². The van der Waals surface area contributed by atoms with E-state index in [0.717, 1.165) is 11.1 Å². The number of likely N-dealkylation sites (N-methyl/N-ethyl adjacent to an activating group) is 2. The number of hydrogen-bond acceptors (Lipinski definition) is 3. The second-order valence-electron chi connectivity index (χ2n) is 7.31. The minimum atomic E-state index is -0.324. The van der Waals surface area contributed by atoms with E-state index in [1.54, 1.807) is 46.8 Å². The predicted octanol–water partition coefficient (Wildman–Crippen LogP) is 2.73. The maximum Gasteiger partial charge on any atom is 0.275 e. The zero-order chi connectivity index (χ0) is 21.3. The van der Waals surface area contributed by atoms with Crippen molar-refractivity contribution in [2.75, 3.05) is 27.2 Å². The molecular weight excluding hydrogens is 383 g/mol. The number of amides is 1. The molecule has 154 valence electrons. The summed E-state index contributed by atoms with van der Waals surface area (Å²) in [4.78, 5) is 27.7. The third kappa shape index (κ3) is 3.59. The summed E-state index contributed by atoms with van der Waals surface area (Å²) in [6, 6.07) is 15.1. The van der Waals surface area contributed by atoms with Gasteiger partial charge in [0.2, 0.25) is 0 Å². The molecule has 4 aromatic rings. The third-order valence-electron chi connectivity index (χ3n) is 5.28. The Hall–Kier alpha value is -3.45. The van der Waals surface area contributed by atoms with Crippen molar-refractivity contribution in [3.63, 3.8) is 0 Å². The molecular formula is C23H23FN4O2. The van der Waals surface area contributed by atoms with Crippen LogP contribution in [0.2, 0.25) is 0 Å². The fourth-order valence-electron chi connectivity index (χ4n) is 3.62. The third-order valence-corrected chi connectivity index (χ3v) is 5.28. The average Bonchev–Trinajstić information content (AvgIpc) is 3.25. The summed E-state index contributed by atoms with van der Waals surface area (Å²) in [5, 5.41) is 3.03. The number of benzene rings is 2. The Morgan fingerprint density at radius 2 is 1.83 bits per heavy atom. The molecule has 0 spiro atoms. The van der Waals surface area contributed by atoms with E-state index < -0.39 is 0 Å². The number of hydrogen-bond donors (Lipinski definition) is 1. The number of fused-ring (bicyclic) bond motifs is 3. The second kappa shape index (κ2) is 8.12. The predicted molar refractivity (Wildman–Crippen MR) is 116 cm³/mol. The quantitative estimate of drug-likeness (QED) is 0.536. The zero-order valence-electron chi connectivity index (χ0n) is 16.9. The summed E-state index contributed by atoms with van der Waals surface area (Å²) in [5.74, 6) is -0.434. The van der Waals surface area contributed by atoms with E-state index in [1.807, 2.05) is 29.8 Å². The summed E-state index contributed by atoms with van der Waals surface area (Å²) in [6.45, 7) is 1.55. The fourth-order valence-corrected chi connectivity index (χ4v) is 3.62. The first-order valence-electron chi connectivity index (χ1n) is 9.77. The summed E-state index contributed by atoms with van der Waals surface area (Å²) >= 11 is 0. The molecule has 1 N–H and O–H groups in total. The minimum Gasteiger partial charge on any atom is -0.340 e. The number of nitrogens with one attached hydrogen (secondary N) is 1. The maximum absolute atomic E-state index is 13.3. The van der Waals surface area contributed by atoms with E-state index in [9.17, 15) is 14.0 Å². The molecule has 1 amide bonds. The van der Waals surface area contributed by atoms with Crippen molar-refractivity contribution in [1.82, 2.24) is 19.2 Å². The normalized spacial score (nSPS) is 11.3. The minimum absolute atomic E-state index is 0.111. The molecule has 0 fully saturated rings. The van der Waals surface area contributed by atoms with E-state index in [-0.39, 0.29) is 23.8 Å². The molecule has 0 radical (unpaired) electrons. The molecule has 0 unspecified atom stereocenters. The van der Waals surface area contributed by atoms with E-state index in [1.165, 1.54) is 12.1 Å². The highest BCUT2D eigenvalue weighted by atomic mass is 19.1. The van der Waals surface area contributed by atoms with Crippen molar-refractivity contribution in [3.8, 4) is 0 Å². The van der Waals surface area contributed by atoms with Crippen LogP contribution in [-0.4, -0.2) is 47.0 Å².